The van der Waals surface area contributed by atoms with E-state index in [0.717, 1.165) is 6.42 Å². The summed E-state index contributed by atoms with van der Waals surface area (Å²) in [5, 5.41) is 2.75. The van der Waals surface area contributed by atoms with E-state index < -0.39 is 16.1 Å². The van der Waals surface area contributed by atoms with Crippen LogP contribution in [0.3, 0.4) is 0 Å². The molecule has 0 aliphatic carbocycles. The van der Waals surface area contributed by atoms with E-state index in [9.17, 15) is 13.2 Å². The number of hydrogen-bond donors (Lipinski definition) is 2. The molecule has 0 aromatic rings. The Bertz CT molecular complexity index is 383. The molecule has 1 amide bonds. The van der Waals surface area contributed by atoms with Crippen molar-refractivity contribution < 1.29 is 13.2 Å². The van der Waals surface area contributed by atoms with Crippen LogP contribution < -0.4 is 11.1 Å². The van der Waals surface area contributed by atoms with Crippen LogP contribution in [0.15, 0.2) is 0 Å². The second-order valence-corrected chi connectivity index (χ2v) is 6.77. The quantitative estimate of drug-likeness (QED) is 0.694. The Morgan fingerprint density at radius 1 is 1.56 bits per heavy atom. The number of carbonyl (C=O) groups excluding carboxylic acids is 1. The predicted octanol–water partition coefficient (Wildman–Crippen LogP) is -0.346. The molecule has 1 rings (SSSR count). The lowest BCUT2D eigenvalue weighted by molar-refractivity contribution is -0.124. The van der Waals surface area contributed by atoms with Crippen molar-refractivity contribution in [3.05, 3.63) is 0 Å². The summed E-state index contributed by atoms with van der Waals surface area (Å²) in [5.41, 5.74) is 5.44. The normalized spacial score (nSPS) is 22.9. The SMILES string of the molecule is CCCS(=O)(=O)N1CCCC1C(=O)N[C@@H](C)CN. The summed E-state index contributed by atoms with van der Waals surface area (Å²) in [6.07, 6.45) is 1.89. The lowest BCUT2D eigenvalue weighted by Crippen LogP contribution is -2.50. The molecular formula is C11H23N3O3S. The van der Waals surface area contributed by atoms with Crippen LogP contribution in [-0.2, 0) is 14.8 Å². The number of nitrogens with two attached hydrogens (primary N) is 1. The van der Waals surface area contributed by atoms with Crippen LogP contribution in [0.5, 0.6) is 0 Å². The molecule has 1 aliphatic heterocycles. The van der Waals surface area contributed by atoms with Gasteiger partial charge in [0.1, 0.15) is 6.04 Å². The number of carbonyl (C=O) groups is 1. The Balaban J connectivity index is 2.73. The minimum atomic E-state index is -3.31. The van der Waals surface area contributed by atoms with Crippen LogP contribution in [0.25, 0.3) is 0 Å². The molecule has 6 nitrogen and oxygen atoms in total. The number of rotatable bonds is 6. The predicted molar refractivity (Wildman–Crippen MR) is 70.5 cm³/mol. The van der Waals surface area contributed by atoms with Crippen molar-refractivity contribution in [1.82, 2.24) is 9.62 Å². The molecule has 0 aromatic carbocycles. The van der Waals surface area contributed by atoms with Crippen LogP contribution in [0.4, 0.5) is 0 Å². The highest BCUT2D eigenvalue weighted by Gasteiger charge is 2.38. The van der Waals surface area contributed by atoms with Crippen molar-refractivity contribution in [2.24, 2.45) is 5.73 Å². The van der Waals surface area contributed by atoms with Gasteiger partial charge in [0, 0.05) is 19.1 Å². The van der Waals surface area contributed by atoms with E-state index in [0.29, 0.717) is 25.9 Å². The summed E-state index contributed by atoms with van der Waals surface area (Å²) >= 11 is 0. The summed E-state index contributed by atoms with van der Waals surface area (Å²) < 4.78 is 25.4. The number of amides is 1. The Morgan fingerprint density at radius 3 is 2.78 bits per heavy atom. The molecule has 0 radical (unpaired) electrons. The van der Waals surface area contributed by atoms with E-state index in [2.05, 4.69) is 5.32 Å². The third-order valence-electron chi connectivity index (χ3n) is 3.07. The minimum absolute atomic E-state index is 0.100. The van der Waals surface area contributed by atoms with Gasteiger partial charge in [0.05, 0.1) is 5.75 Å². The molecule has 18 heavy (non-hydrogen) atoms. The fourth-order valence-corrected chi connectivity index (χ4v) is 3.85. The Kier molecular flexibility index (Phi) is 5.55. The van der Waals surface area contributed by atoms with Crippen LogP contribution in [0.2, 0.25) is 0 Å². The number of sulfonamides is 1. The van der Waals surface area contributed by atoms with Crippen LogP contribution >= 0.6 is 0 Å². The molecular weight excluding hydrogens is 254 g/mol. The molecule has 1 unspecified atom stereocenters. The van der Waals surface area contributed by atoms with Crippen molar-refractivity contribution in [2.45, 2.75) is 45.2 Å². The first-order chi connectivity index (χ1) is 8.42. The third kappa shape index (κ3) is 3.66. The zero-order valence-electron chi connectivity index (χ0n) is 11.1. The number of nitrogens with zero attached hydrogens (tertiary/aromatic N) is 1. The van der Waals surface area contributed by atoms with Crippen LogP contribution in [0.1, 0.15) is 33.1 Å². The highest BCUT2D eigenvalue weighted by molar-refractivity contribution is 7.89. The summed E-state index contributed by atoms with van der Waals surface area (Å²) in [4.78, 5) is 12.0. The summed E-state index contributed by atoms with van der Waals surface area (Å²) in [6.45, 7) is 4.41. The third-order valence-corrected chi connectivity index (χ3v) is 5.14. The van der Waals surface area contributed by atoms with E-state index in [1.807, 2.05) is 6.92 Å². The number of hydrogen-bond acceptors (Lipinski definition) is 4. The van der Waals surface area contributed by atoms with E-state index in [4.69, 9.17) is 5.73 Å². The monoisotopic (exact) mass is 277 g/mol. The first-order valence-electron chi connectivity index (χ1n) is 6.42. The van der Waals surface area contributed by atoms with Crippen molar-refractivity contribution in [2.75, 3.05) is 18.8 Å². The van der Waals surface area contributed by atoms with Crippen molar-refractivity contribution in [3.8, 4) is 0 Å². The molecule has 1 fully saturated rings. The Hall–Kier alpha value is -0.660. The van der Waals surface area contributed by atoms with Crippen LogP contribution in [-0.4, -0.2) is 49.6 Å². The Labute approximate surface area is 109 Å². The summed E-state index contributed by atoms with van der Waals surface area (Å²) in [5.74, 6) is -0.131. The van der Waals surface area contributed by atoms with Gasteiger partial charge >= 0.3 is 0 Å². The molecule has 0 saturated carbocycles. The zero-order valence-corrected chi connectivity index (χ0v) is 11.9. The molecule has 1 aliphatic rings. The van der Waals surface area contributed by atoms with Gasteiger partial charge in [-0.2, -0.15) is 4.31 Å². The van der Waals surface area contributed by atoms with Gasteiger partial charge in [-0.3, -0.25) is 4.79 Å². The highest BCUT2D eigenvalue weighted by atomic mass is 32.2. The summed E-state index contributed by atoms with van der Waals surface area (Å²) in [6, 6.07) is -0.690. The zero-order chi connectivity index (χ0) is 13.8. The standard InChI is InChI=1S/C11H23N3O3S/c1-3-7-18(16,17)14-6-4-5-10(14)11(15)13-9(2)8-12/h9-10H,3-8,12H2,1-2H3,(H,13,15)/t9-,10?/m0/s1. The lowest BCUT2D eigenvalue weighted by Gasteiger charge is -2.24. The highest BCUT2D eigenvalue weighted by Crippen LogP contribution is 2.22. The smallest absolute Gasteiger partial charge is 0.238 e. The molecule has 3 N–H and O–H groups in total. The maximum Gasteiger partial charge on any atom is 0.238 e. The topological polar surface area (TPSA) is 92.5 Å². The van der Waals surface area contributed by atoms with Gasteiger partial charge in [-0.25, -0.2) is 8.42 Å². The lowest BCUT2D eigenvalue weighted by atomic mass is 10.2. The molecule has 0 bridgehead atoms. The average molecular weight is 277 g/mol. The van der Waals surface area contributed by atoms with E-state index in [-0.39, 0.29) is 17.7 Å². The van der Waals surface area contributed by atoms with Gasteiger partial charge < -0.3 is 11.1 Å². The van der Waals surface area contributed by atoms with Gasteiger partial charge in [-0.15, -0.1) is 0 Å². The molecule has 1 saturated heterocycles. The maximum absolute atomic E-state index is 12.0. The fourth-order valence-electron chi connectivity index (χ4n) is 2.11. The van der Waals surface area contributed by atoms with Gasteiger partial charge in [-0.05, 0) is 26.2 Å². The second kappa shape index (κ2) is 6.49. The van der Waals surface area contributed by atoms with E-state index in [1.54, 1.807) is 6.92 Å². The molecule has 0 spiro atoms. The van der Waals surface area contributed by atoms with Gasteiger partial charge in [0.25, 0.3) is 0 Å². The second-order valence-electron chi connectivity index (χ2n) is 4.73. The van der Waals surface area contributed by atoms with Crippen molar-refractivity contribution >= 4 is 15.9 Å². The molecule has 1 heterocycles. The van der Waals surface area contributed by atoms with Crippen molar-refractivity contribution in [1.29, 1.82) is 0 Å². The first-order valence-corrected chi connectivity index (χ1v) is 8.03. The maximum atomic E-state index is 12.0. The van der Waals surface area contributed by atoms with Crippen molar-refractivity contribution in [3.63, 3.8) is 0 Å². The van der Waals surface area contributed by atoms with Gasteiger partial charge in [0.2, 0.25) is 15.9 Å². The first kappa shape index (κ1) is 15.4. The van der Waals surface area contributed by atoms with Gasteiger partial charge in [0.15, 0.2) is 0 Å². The minimum Gasteiger partial charge on any atom is -0.351 e. The van der Waals surface area contributed by atoms with Gasteiger partial charge in [-0.1, -0.05) is 6.92 Å². The average Bonchev–Trinajstić information content (AvgIpc) is 2.78. The summed E-state index contributed by atoms with van der Waals surface area (Å²) in [7, 11) is -3.31. The largest absolute Gasteiger partial charge is 0.351 e. The molecule has 7 heteroatoms. The van der Waals surface area contributed by atoms with Crippen LogP contribution in [0, 0.1) is 0 Å². The molecule has 106 valence electrons. The number of nitrogens with one attached hydrogen (secondary N) is 1. The molecule has 2 atom stereocenters. The van der Waals surface area contributed by atoms with E-state index in [1.165, 1.54) is 4.31 Å². The fraction of sp³-hybridized carbons (Fsp3) is 0.909. The molecule has 0 aromatic heterocycles. The Morgan fingerprint density at radius 2 is 2.22 bits per heavy atom. The van der Waals surface area contributed by atoms with E-state index >= 15 is 0 Å².